The van der Waals surface area contributed by atoms with E-state index >= 15 is 0 Å². The van der Waals surface area contributed by atoms with Crippen LogP contribution in [0.15, 0.2) is 12.1 Å². The maximum Gasteiger partial charge on any atom is 0.344 e. The van der Waals surface area contributed by atoms with Gasteiger partial charge in [0.15, 0.2) is 6.61 Å². The highest BCUT2D eigenvalue weighted by molar-refractivity contribution is 6.43. The molecule has 7 heteroatoms. The van der Waals surface area contributed by atoms with Crippen molar-refractivity contribution in [3.63, 3.8) is 0 Å². The first-order valence-electron chi connectivity index (χ1n) is 6.03. The van der Waals surface area contributed by atoms with Gasteiger partial charge >= 0.3 is 11.9 Å². The van der Waals surface area contributed by atoms with Crippen LogP contribution in [0.1, 0.15) is 30.1 Å². The SMILES string of the molecule is CCCCOC(=O)COC(=O)c1cc(N)c(Cl)c(Cl)c1. The van der Waals surface area contributed by atoms with E-state index in [-0.39, 0.29) is 21.3 Å². The molecule has 0 aliphatic rings. The molecule has 0 aliphatic carbocycles. The van der Waals surface area contributed by atoms with Crippen molar-refractivity contribution in [2.45, 2.75) is 19.8 Å². The van der Waals surface area contributed by atoms with Crippen molar-refractivity contribution < 1.29 is 19.1 Å². The zero-order valence-electron chi connectivity index (χ0n) is 10.9. The second-order valence-corrected chi connectivity index (χ2v) is 4.80. The van der Waals surface area contributed by atoms with Gasteiger partial charge in [0.05, 0.1) is 27.9 Å². The van der Waals surface area contributed by atoms with E-state index in [1.165, 1.54) is 12.1 Å². The van der Waals surface area contributed by atoms with E-state index < -0.39 is 18.5 Å². The monoisotopic (exact) mass is 319 g/mol. The summed E-state index contributed by atoms with van der Waals surface area (Å²) in [5.74, 6) is -1.32. The van der Waals surface area contributed by atoms with Crippen molar-refractivity contribution in [1.29, 1.82) is 0 Å². The van der Waals surface area contributed by atoms with Gasteiger partial charge in [0, 0.05) is 0 Å². The zero-order valence-corrected chi connectivity index (χ0v) is 12.5. The first-order chi connectivity index (χ1) is 9.45. The number of nitrogens with two attached hydrogens (primary N) is 1. The molecule has 2 N–H and O–H groups in total. The molecule has 1 rings (SSSR count). The summed E-state index contributed by atoms with van der Waals surface area (Å²) in [6.07, 6.45) is 1.68. The van der Waals surface area contributed by atoms with Crippen LogP contribution in [-0.4, -0.2) is 25.2 Å². The highest BCUT2D eigenvalue weighted by atomic mass is 35.5. The number of carbonyl (C=O) groups is 2. The molecule has 1 aromatic carbocycles. The lowest BCUT2D eigenvalue weighted by atomic mass is 10.2. The number of nitrogen functional groups attached to an aromatic ring is 1. The summed E-state index contributed by atoms with van der Waals surface area (Å²) in [7, 11) is 0. The van der Waals surface area contributed by atoms with Crippen molar-refractivity contribution in [3.8, 4) is 0 Å². The third-order valence-electron chi connectivity index (χ3n) is 2.37. The van der Waals surface area contributed by atoms with Crippen molar-refractivity contribution >= 4 is 40.8 Å². The van der Waals surface area contributed by atoms with Gasteiger partial charge in [-0.2, -0.15) is 0 Å². The Bertz CT molecular complexity index is 482. The highest BCUT2D eigenvalue weighted by Gasteiger charge is 2.14. The molecule has 0 bridgehead atoms. The molecule has 5 nitrogen and oxygen atoms in total. The standard InChI is InChI=1S/C13H15Cl2NO4/c1-2-3-4-19-11(17)7-20-13(18)8-5-9(14)12(15)10(16)6-8/h5-6H,2-4,7,16H2,1H3. The van der Waals surface area contributed by atoms with Crippen LogP contribution in [0.4, 0.5) is 5.69 Å². The minimum absolute atomic E-state index is 0.123. The number of rotatable bonds is 6. The van der Waals surface area contributed by atoms with Crippen molar-refractivity contribution in [2.75, 3.05) is 18.9 Å². The molecule has 0 saturated carbocycles. The van der Waals surface area contributed by atoms with Crippen molar-refractivity contribution in [1.82, 2.24) is 0 Å². The number of anilines is 1. The summed E-state index contributed by atoms with van der Waals surface area (Å²) in [6, 6.07) is 2.66. The van der Waals surface area contributed by atoms with Gasteiger partial charge in [0.2, 0.25) is 0 Å². The van der Waals surface area contributed by atoms with Gasteiger partial charge in [0.1, 0.15) is 0 Å². The smallest absolute Gasteiger partial charge is 0.344 e. The normalized spacial score (nSPS) is 10.2. The van der Waals surface area contributed by atoms with Crippen LogP contribution in [0.3, 0.4) is 0 Å². The van der Waals surface area contributed by atoms with Crippen LogP contribution in [-0.2, 0) is 14.3 Å². The molecule has 1 aromatic rings. The average molecular weight is 320 g/mol. The number of hydrogen-bond donors (Lipinski definition) is 1. The molecule has 0 radical (unpaired) electrons. The molecule has 0 amide bonds. The van der Waals surface area contributed by atoms with Crippen LogP contribution in [0, 0.1) is 0 Å². The molecule has 0 fully saturated rings. The predicted molar refractivity (Wildman–Crippen MR) is 77.0 cm³/mol. The minimum atomic E-state index is -0.720. The Morgan fingerprint density at radius 1 is 1.25 bits per heavy atom. The quantitative estimate of drug-likeness (QED) is 0.495. The maximum atomic E-state index is 11.7. The second kappa shape index (κ2) is 7.97. The summed E-state index contributed by atoms with van der Waals surface area (Å²) in [5.41, 5.74) is 5.87. The summed E-state index contributed by atoms with van der Waals surface area (Å²) in [6.45, 7) is 1.83. The fraction of sp³-hybridized carbons (Fsp3) is 0.385. The first kappa shape index (κ1) is 16.6. The lowest BCUT2D eigenvalue weighted by Crippen LogP contribution is -2.17. The van der Waals surface area contributed by atoms with Gasteiger partial charge in [-0.05, 0) is 18.6 Å². The summed E-state index contributed by atoms with van der Waals surface area (Å²) in [4.78, 5) is 23.0. The van der Waals surface area contributed by atoms with E-state index in [9.17, 15) is 9.59 Å². The van der Waals surface area contributed by atoms with E-state index in [0.29, 0.717) is 6.61 Å². The lowest BCUT2D eigenvalue weighted by Gasteiger charge is -2.07. The second-order valence-electron chi connectivity index (χ2n) is 4.01. The third-order valence-corrected chi connectivity index (χ3v) is 3.19. The largest absolute Gasteiger partial charge is 0.463 e. The highest BCUT2D eigenvalue weighted by Crippen LogP contribution is 2.29. The molecule has 110 valence electrons. The number of ether oxygens (including phenoxy) is 2. The molecule has 0 unspecified atom stereocenters. The van der Waals surface area contributed by atoms with Crippen molar-refractivity contribution in [3.05, 3.63) is 27.7 Å². The number of esters is 2. The van der Waals surface area contributed by atoms with Gasteiger partial charge in [-0.25, -0.2) is 9.59 Å². The Labute approximate surface area is 126 Å². The Hall–Kier alpha value is -1.46. The molecular weight excluding hydrogens is 305 g/mol. The molecule has 0 heterocycles. The predicted octanol–water partition coefficient (Wildman–Crippen LogP) is 3.08. The molecule has 0 aromatic heterocycles. The van der Waals surface area contributed by atoms with E-state index in [1.54, 1.807) is 0 Å². The third kappa shape index (κ3) is 4.90. The van der Waals surface area contributed by atoms with E-state index in [0.717, 1.165) is 12.8 Å². The van der Waals surface area contributed by atoms with Crippen LogP contribution < -0.4 is 5.73 Å². The van der Waals surface area contributed by atoms with Gasteiger partial charge in [0.25, 0.3) is 0 Å². The molecule has 0 atom stereocenters. The number of carbonyl (C=O) groups excluding carboxylic acids is 2. The first-order valence-corrected chi connectivity index (χ1v) is 6.78. The van der Waals surface area contributed by atoms with E-state index in [1.807, 2.05) is 6.92 Å². The fourth-order valence-electron chi connectivity index (χ4n) is 1.31. The minimum Gasteiger partial charge on any atom is -0.463 e. The zero-order chi connectivity index (χ0) is 15.1. The lowest BCUT2D eigenvalue weighted by molar-refractivity contribution is -0.147. The maximum absolute atomic E-state index is 11.7. The summed E-state index contributed by atoms with van der Waals surface area (Å²) >= 11 is 11.6. The van der Waals surface area contributed by atoms with Crippen LogP contribution in [0.5, 0.6) is 0 Å². The van der Waals surface area contributed by atoms with Crippen LogP contribution in [0.2, 0.25) is 10.0 Å². The topological polar surface area (TPSA) is 78.6 Å². The van der Waals surface area contributed by atoms with E-state index in [2.05, 4.69) is 0 Å². The van der Waals surface area contributed by atoms with Crippen molar-refractivity contribution in [2.24, 2.45) is 0 Å². The number of benzene rings is 1. The summed E-state index contributed by atoms with van der Waals surface area (Å²) in [5, 5.41) is 0.311. The van der Waals surface area contributed by atoms with Crippen LogP contribution in [0.25, 0.3) is 0 Å². The van der Waals surface area contributed by atoms with E-state index in [4.69, 9.17) is 38.4 Å². The Balaban J connectivity index is 2.53. The summed E-state index contributed by atoms with van der Waals surface area (Å²) < 4.78 is 9.65. The van der Waals surface area contributed by atoms with Gasteiger partial charge in [-0.15, -0.1) is 0 Å². The molecule has 0 aliphatic heterocycles. The fourth-order valence-corrected chi connectivity index (χ4v) is 1.64. The molecule has 0 spiro atoms. The molecule has 20 heavy (non-hydrogen) atoms. The van der Waals surface area contributed by atoms with Gasteiger partial charge < -0.3 is 15.2 Å². The molecule has 0 saturated heterocycles. The number of unbranched alkanes of at least 4 members (excludes halogenated alkanes) is 1. The Kier molecular flexibility index (Phi) is 6.61. The van der Waals surface area contributed by atoms with Gasteiger partial charge in [-0.1, -0.05) is 36.5 Å². The number of hydrogen-bond acceptors (Lipinski definition) is 5. The average Bonchev–Trinajstić information content (AvgIpc) is 2.41. The van der Waals surface area contributed by atoms with Gasteiger partial charge in [-0.3, -0.25) is 0 Å². The molecular formula is C13H15Cl2NO4. The Morgan fingerprint density at radius 2 is 1.95 bits per heavy atom. The van der Waals surface area contributed by atoms with Crippen LogP contribution >= 0.6 is 23.2 Å². The Morgan fingerprint density at radius 3 is 2.55 bits per heavy atom. The number of halogens is 2.